The van der Waals surface area contributed by atoms with E-state index in [9.17, 15) is 0 Å². The Kier molecular flexibility index (Phi) is 3.57. The van der Waals surface area contributed by atoms with Gasteiger partial charge in [0.05, 0.1) is 4.47 Å². The van der Waals surface area contributed by atoms with Crippen LogP contribution >= 0.6 is 15.9 Å². The van der Waals surface area contributed by atoms with Crippen molar-refractivity contribution in [1.29, 1.82) is 0 Å². The topological polar surface area (TPSA) is 29.9 Å². The van der Waals surface area contributed by atoms with E-state index in [1.54, 1.807) is 0 Å². The highest BCUT2D eigenvalue weighted by Crippen LogP contribution is 2.25. The molecule has 1 aromatic carbocycles. The second-order valence-corrected chi connectivity index (χ2v) is 5.89. The molecular formula is C16H16BrN2O+. The van der Waals surface area contributed by atoms with Gasteiger partial charge >= 0.3 is 0 Å². The fraction of sp³-hybridized carbons (Fsp3) is 0.250. The molecule has 2 heterocycles. The van der Waals surface area contributed by atoms with E-state index in [1.165, 1.54) is 5.56 Å². The average Bonchev–Trinajstić information content (AvgIpc) is 2.81. The molecule has 2 aromatic heterocycles. The summed E-state index contributed by atoms with van der Waals surface area (Å²) in [6.45, 7) is 5.19. The summed E-state index contributed by atoms with van der Waals surface area (Å²) in [5.74, 6) is 0.664. The third-order valence-corrected chi connectivity index (χ3v) is 3.59. The van der Waals surface area contributed by atoms with Crippen molar-refractivity contribution < 1.29 is 8.98 Å². The van der Waals surface area contributed by atoms with Crippen LogP contribution in [0.2, 0.25) is 0 Å². The van der Waals surface area contributed by atoms with Crippen molar-refractivity contribution in [3.63, 3.8) is 0 Å². The van der Waals surface area contributed by atoms with Crippen molar-refractivity contribution in [2.45, 2.75) is 26.8 Å². The average molecular weight is 332 g/mol. The van der Waals surface area contributed by atoms with Crippen molar-refractivity contribution in [2.24, 2.45) is 0 Å². The van der Waals surface area contributed by atoms with Gasteiger partial charge in [0, 0.05) is 6.42 Å². The SMILES string of the molecule is CCC[n+]1cc(Br)cc(-c2nc3ccc(C)cc3o2)c1. The minimum Gasteiger partial charge on any atom is -0.436 e. The number of halogens is 1. The highest BCUT2D eigenvalue weighted by molar-refractivity contribution is 9.10. The van der Waals surface area contributed by atoms with Crippen LogP contribution in [0.3, 0.4) is 0 Å². The van der Waals surface area contributed by atoms with Crippen molar-refractivity contribution in [3.05, 3.63) is 46.7 Å². The lowest BCUT2D eigenvalue weighted by Gasteiger charge is -1.98. The Morgan fingerprint density at radius 1 is 1.25 bits per heavy atom. The van der Waals surface area contributed by atoms with E-state index in [1.807, 2.05) is 24.3 Å². The van der Waals surface area contributed by atoms with Crippen LogP contribution in [-0.4, -0.2) is 4.98 Å². The molecule has 4 heteroatoms. The Balaban J connectivity index is 2.10. The van der Waals surface area contributed by atoms with Crippen molar-refractivity contribution >= 4 is 27.0 Å². The zero-order valence-electron chi connectivity index (χ0n) is 11.6. The molecule has 0 bridgehead atoms. The van der Waals surface area contributed by atoms with Crippen LogP contribution in [0.4, 0.5) is 0 Å². The van der Waals surface area contributed by atoms with E-state index in [2.05, 4.69) is 51.7 Å². The van der Waals surface area contributed by atoms with Crippen molar-refractivity contribution in [2.75, 3.05) is 0 Å². The Bertz CT molecular complexity index is 764. The van der Waals surface area contributed by atoms with Crippen LogP contribution in [0.5, 0.6) is 0 Å². The van der Waals surface area contributed by atoms with Crippen molar-refractivity contribution in [1.82, 2.24) is 4.98 Å². The normalized spacial score (nSPS) is 11.2. The van der Waals surface area contributed by atoms with Gasteiger partial charge in [0.25, 0.3) is 0 Å². The first-order chi connectivity index (χ1) is 9.65. The number of aryl methyl sites for hydroxylation is 2. The van der Waals surface area contributed by atoms with Crippen LogP contribution in [-0.2, 0) is 6.54 Å². The summed E-state index contributed by atoms with van der Waals surface area (Å²) in [5.41, 5.74) is 3.90. The number of pyridine rings is 1. The number of rotatable bonds is 3. The summed E-state index contributed by atoms with van der Waals surface area (Å²) in [7, 11) is 0. The molecule has 20 heavy (non-hydrogen) atoms. The molecule has 0 saturated carbocycles. The molecule has 0 fully saturated rings. The maximum atomic E-state index is 5.88. The summed E-state index contributed by atoms with van der Waals surface area (Å²) in [6, 6.07) is 8.09. The van der Waals surface area contributed by atoms with E-state index < -0.39 is 0 Å². The maximum absolute atomic E-state index is 5.88. The Morgan fingerprint density at radius 3 is 2.90 bits per heavy atom. The molecule has 3 nitrogen and oxygen atoms in total. The largest absolute Gasteiger partial charge is 0.436 e. The Hall–Kier alpha value is -1.68. The number of oxazole rings is 1. The Labute approximate surface area is 126 Å². The number of nitrogens with zero attached hydrogens (tertiary/aromatic N) is 2. The number of benzene rings is 1. The standard InChI is InChI=1S/C16H16BrN2O/c1-3-6-19-9-12(8-13(17)10-19)16-18-14-5-4-11(2)7-15(14)20-16/h4-5,7-10H,3,6H2,1-2H3/q+1. The molecule has 0 amide bonds. The summed E-state index contributed by atoms with van der Waals surface area (Å²) in [5, 5.41) is 0. The van der Waals surface area contributed by atoms with Gasteiger partial charge in [-0.2, -0.15) is 0 Å². The maximum Gasteiger partial charge on any atom is 0.233 e. The summed E-state index contributed by atoms with van der Waals surface area (Å²) in [4.78, 5) is 4.57. The molecule has 0 N–H and O–H groups in total. The lowest BCUT2D eigenvalue weighted by molar-refractivity contribution is -0.697. The van der Waals surface area contributed by atoms with Gasteiger partial charge in [-0.3, -0.25) is 0 Å². The van der Waals surface area contributed by atoms with Gasteiger partial charge in [-0.15, -0.1) is 0 Å². The molecule has 3 aromatic rings. The van der Waals surface area contributed by atoms with Crippen LogP contribution in [0, 0.1) is 6.92 Å². The van der Waals surface area contributed by atoms with Gasteiger partial charge in [-0.05, 0) is 46.6 Å². The molecular weight excluding hydrogens is 316 g/mol. The van der Waals surface area contributed by atoms with E-state index in [4.69, 9.17) is 4.42 Å². The van der Waals surface area contributed by atoms with Crippen LogP contribution < -0.4 is 4.57 Å². The third kappa shape index (κ3) is 2.61. The van der Waals surface area contributed by atoms with E-state index in [0.29, 0.717) is 5.89 Å². The molecule has 0 unspecified atom stereocenters. The summed E-state index contributed by atoms with van der Waals surface area (Å²) < 4.78 is 9.06. The lowest BCUT2D eigenvalue weighted by atomic mass is 10.2. The predicted molar refractivity (Wildman–Crippen MR) is 82.4 cm³/mol. The van der Waals surface area contributed by atoms with Gasteiger partial charge in [0.2, 0.25) is 5.89 Å². The molecule has 0 saturated heterocycles. The van der Waals surface area contributed by atoms with Gasteiger partial charge < -0.3 is 4.42 Å². The smallest absolute Gasteiger partial charge is 0.233 e. The Morgan fingerprint density at radius 2 is 2.10 bits per heavy atom. The number of fused-ring (bicyclic) bond motifs is 1. The minimum absolute atomic E-state index is 0.664. The van der Waals surface area contributed by atoms with Gasteiger partial charge in [-0.25, -0.2) is 9.55 Å². The highest BCUT2D eigenvalue weighted by Gasteiger charge is 2.13. The van der Waals surface area contributed by atoms with Gasteiger partial charge in [-0.1, -0.05) is 13.0 Å². The van der Waals surface area contributed by atoms with Crippen LogP contribution in [0.1, 0.15) is 18.9 Å². The van der Waals surface area contributed by atoms with Gasteiger partial charge in [0.15, 0.2) is 18.0 Å². The molecule has 0 atom stereocenters. The second-order valence-electron chi connectivity index (χ2n) is 4.97. The lowest BCUT2D eigenvalue weighted by Crippen LogP contribution is -2.32. The van der Waals surface area contributed by atoms with Crippen LogP contribution in [0.15, 0.2) is 45.5 Å². The monoisotopic (exact) mass is 331 g/mol. The number of aromatic nitrogens is 2. The minimum atomic E-state index is 0.664. The van der Waals surface area contributed by atoms with E-state index in [0.717, 1.165) is 34.1 Å². The predicted octanol–water partition coefficient (Wildman–Crippen LogP) is 4.26. The molecule has 0 aliphatic heterocycles. The molecule has 0 spiro atoms. The van der Waals surface area contributed by atoms with Crippen LogP contribution in [0.25, 0.3) is 22.6 Å². The number of hydrogen-bond donors (Lipinski definition) is 0. The third-order valence-electron chi connectivity index (χ3n) is 3.16. The highest BCUT2D eigenvalue weighted by atomic mass is 79.9. The molecule has 102 valence electrons. The summed E-state index contributed by atoms with van der Waals surface area (Å²) >= 11 is 3.55. The number of hydrogen-bond acceptors (Lipinski definition) is 2. The fourth-order valence-corrected chi connectivity index (χ4v) is 2.77. The molecule has 3 rings (SSSR count). The quantitative estimate of drug-likeness (QED) is 0.671. The first-order valence-electron chi connectivity index (χ1n) is 6.73. The second kappa shape index (κ2) is 5.37. The zero-order chi connectivity index (χ0) is 14.1. The zero-order valence-corrected chi connectivity index (χ0v) is 13.1. The molecule has 0 aliphatic carbocycles. The van der Waals surface area contributed by atoms with Gasteiger partial charge in [0.1, 0.15) is 17.6 Å². The first-order valence-corrected chi connectivity index (χ1v) is 7.52. The van der Waals surface area contributed by atoms with E-state index >= 15 is 0 Å². The molecule has 0 aliphatic rings. The van der Waals surface area contributed by atoms with E-state index in [-0.39, 0.29) is 0 Å². The fourth-order valence-electron chi connectivity index (χ4n) is 2.26. The summed E-state index contributed by atoms with van der Waals surface area (Å²) in [6.07, 6.45) is 5.24. The first kappa shape index (κ1) is 13.3. The molecule has 0 radical (unpaired) electrons. The van der Waals surface area contributed by atoms with Crippen molar-refractivity contribution in [3.8, 4) is 11.5 Å².